The zero-order valence-electron chi connectivity index (χ0n) is 11.8. The van der Waals surface area contributed by atoms with Crippen molar-refractivity contribution < 1.29 is 0 Å². The summed E-state index contributed by atoms with van der Waals surface area (Å²) >= 11 is 3.50. The highest BCUT2D eigenvalue weighted by Gasteiger charge is 2.13. The molecule has 0 saturated carbocycles. The van der Waals surface area contributed by atoms with E-state index in [0.29, 0.717) is 5.92 Å². The first-order chi connectivity index (χ1) is 9.65. The van der Waals surface area contributed by atoms with Crippen LogP contribution in [-0.2, 0) is 6.42 Å². The molecule has 0 unspecified atom stereocenters. The highest BCUT2D eigenvalue weighted by Crippen LogP contribution is 2.34. The van der Waals surface area contributed by atoms with Gasteiger partial charge in [-0.25, -0.2) is 9.97 Å². The summed E-state index contributed by atoms with van der Waals surface area (Å²) in [6.45, 7) is 4.50. The van der Waals surface area contributed by atoms with Crippen LogP contribution in [0.2, 0.25) is 0 Å². The average Bonchev–Trinajstić information content (AvgIpc) is 3.05. The maximum absolute atomic E-state index is 4.45. The molecule has 3 rings (SSSR count). The smallest absolute Gasteiger partial charge is 0.145 e. The van der Waals surface area contributed by atoms with Crippen LogP contribution in [-0.4, -0.2) is 17.0 Å². The molecular weight excluding hydrogens is 286 g/mol. The summed E-state index contributed by atoms with van der Waals surface area (Å²) < 4.78 is 0. The SMILES string of the molecule is CC(C)Cc1ccc(N(C)c2ncnc3sccc23)s1. The highest BCUT2D eigenvalue weighted by atomic mass is 32.1. The number of thiophene rings is 2. The molecule has 0 amide bonds. The fraction of sp³-hybridized carbons (Fsp3) is 0.333. The molecule has 0 atom stereocenters. The van der Waals surface area contributed by atoms with E-state index < -0.39 is 0 Å². The van der Waals surface area contributed by atoms with Crippen LogP contribution in [0.25, 0.3) is 10.2 Å². The largest absolute Gasteiger partial charge is 0.320 e. The van der Waals surface area contributed by atoms with Gasteiger partial charge in [0.15, 0.2) is 0 Å². The van der Waals surface area contributed by atoms with Crippen LogP contribution < -0.4 is 4.90 Å². The Morgan fingerprint density at radius 2 is 2.05 bits per heavy atom. The van der Waals surface area contributed by atoms with Crippen LogP contribution >= 0.6 is 22.7 Å². The zero-order chi connectivity index (χ0) is 14.1. The number of anilines is 2. The Labute approximate surface area is 126 Å². The van der Waals surface area contributed by atoms with Gasteiger partial charge in [-0.1, -0.05) is 13.8 Å². The molecule has 3 nitrogen and oxygen atoms in total. The molecule has 104 valence electrons. The fourth-order valence-corrected chi connectivity index (χ4v) is 4.12. The van der Waals surface area contributed by atoms with Gasteiger partial charge in [0.2, 0.25) is 0 Å². The van der Waals surface area contributed by atoms with Crippen molar-refractivity contribution in [2.75, 3.05) is 11.9 Å². The Balaban J connectivity index is 1.94. The Morgan fingerprint density at radius 3 is 2.85 bits per heavy atom. The quantitative estimate of drug-likeness (QED) is 0.698. The van der Waals surface area contributed by atoms with E-state index in [2.05, 4.69) is 59.3 Å². The third-order valence-electron chi connectivity index (χ3n) is 3.15. The topological polar surface area (TPSA) is 29.0 Å². The van der Waals surface area contributed by atoms with Crippen LogP contribution in [0.3, 0.4) is 0 Å². The van der Waals surface area contributed by atoms with Gasteiger partial charge in [0.1, 0.15) is 17.0 Å². The zero-order valence-corrected chi connectivity index (χ0v) is 13.5. The number of aromatic nitrogens is 2. The molecule has 0 aliphatic heterocycles. The lowest BCUT2D eigenvalue weighted by Crippen LogP contribution is -2.09. The Bertz CT molecular complexity index is 715. The van der Waals surface area contributed by atoms with E-state index in [9.17, 15) is 0 Å². The van der Waals surface area contributed by atoms with Crippen LogP contribution in [0, 0.1) is 5.92 Å². The molecule has 0 N–H and O–H groups in total. The van der Waals surface area contributed by atoms with Gasteiger partial charge in [-0.2, -0.15) is 0 Å². The lowest BCUT2D eigenvalue weighted by atomic mass is 10.1. The third kappa shape index (κ3) is 2.55. The number of hydrogen-bond acceptors (Lipinski definition) is 5. The summed E-state index contributed by atoms with van der Waals surface area (Å²) in [7, 11) is 2.07. The summed E-state index contributed by atoms with van der Waals surface area (Å²) in [4.78, 5) is 13.4. The number of rotatable bonds is 4. The molecule has 3 heterocycles. The maximum Gasteiger partial charge on any atom is 0.145 e. The summed E-state index contributed by atoms with van der Waals surface area (Å²) in [6, 6.07) is 6.50. The second-order valence-electron chi connectivity index (χ2n) is 5.23. The van der Waals surface area contributed by atoms with Crippen molar-refractivity contribution in [1.29, 1.82) is 0 Å². The van der Waals surface area contributed by atoms with Gasteiger partial charge in [0, 0.05) is 11.9 Å². The first-order valence-electron chi connectivity index (χ1n) is 6.66. The Hall–Kier alpha value is -1.46. The van der Waals surface area contributed by atoms with E-state index in [1.807, 2.05) is 11.3 Å². The van der Waals surface area contributed by atoms with E-state index >= 15 is 0 Å². The van der Waals surface area contributed by atoms with Crippen molar-refractivity contribution in [2.24, 2.45) is 5.92 Å². The van der Waals surface area contributed by atoms with Crippen molar-refractivity contribution in [1.82, 2.24) is 9.97 Å². The Kier molecular flexibility index (Phi) is 3.72. The molecule has 0 radical (unpaired) electrons. The van der Waals surface area contributed by atoms with E-state index in [-0.39, 0.29) is 0 Å². The van der Waals surface area contributed by atoms with Gasteiger partial charge in [-0.15, -0.1) is 22.7 Å². The Morgan fingerprint density at radius 1 is 1.20 bits per heavy atom. The average molecular weight is 303 g/mol. The molecular formula is C15H17N3S2. The molecule has 3 aromatic heterocycles. The van der Waals surface area contributed by atoms with Crippen molar-refractivity contribution >= 4 is 43.7 Å². The number of hydrogen-bond donors (Lipinski definition) is 0. The maximum atomic E-state index is 4.45. The van der Waals surface area contributed by atoms with Gasteiger partial charge in [-0.3, -0.25) is 0 Å². The highest BCUT2D eigenvalue weighted by molar-refractivity contribution is 7.17. The molecule has 0 aliphatic rings. The molecule has 0 bridgehead atoms. The van der Waals surface area contributed by atoms with Gasteiger partial charge in [0.05, 0.1) is 10.4 Å². The van der Waals surface area contributed by atoms with E-state index in [0.717, 1.165) is 22.5 Å². The summed E-state index contributed by atoms with van der Waals surface area (Å²) in [6.07, 6.45) is 2.78. The summed E-state index contributed by atoms with van der Waals surface area (Å²) in [5.41, 5.74) is 0. The molecule has 0 saturated heterocycles. The monoisotopic (exact) mass is 303 g/mol. The molecule has 5 heteroatoms. The normalized spacial score (nSPS) is 11.4. The standard InChI is InChI=1S/C15H17N3S2/c1-10(2)8-11-4-5-13(20-11)18(3)14-12-6-7-19-15(12)17-9-16-14/h4-7,9-10H,8H2,1-3H3. The van der Waals surface area contributed by atoms with Gasteiger partial charge in [0.25, 0.3) is 0 Å². The number of fused-ring (bicyclic) bond motifs is 1. The second-order valence-corrected chi connectivity index (χ2v) is 7.27. The van der Waals surface area contributed by atoms with Crippen molar-refractivity contribution in [2.45, 2.75) is 20.3 Å². The third-order valence-corrected chi connectivity index (χ3v) is 5.15. The van der Waals surface area contributed by atoms with E-state index in [4.69, 9.17) is 0 Å². The predicted molar refractivity (Wildman–Crippen MR) is 88.3 cm³/mol. The minimum Gasteiger partial charge on any atom is -0.320 e. The molecule has 0 spiro atoms. The van der Waals surface area contributed by atoms with Gasteiger partial charge in [-0.05, 0) is 35.9 Å². The minimum absolute atomic E-state index is 0.689. The van der Waals surface area contributed by atoms with Crippen LogP contribution in [0.5, 0.6) is 0 Å². The minimum atomic E-state index is 0.689. The number of nitrogens with zero attached hydrogens (tertiary/aromatic N) is 3. The second kappa shape index (κ2) is 5.50. The molecule has 3 aromatic rings. The first-order valence-corrected chi connectivity index (χ1v) is 8.35. The van der Waals surface area contributed by atoms with Crippen LogP contribution in [0.15, 0.2) is 29.9 Å². The predicted octanol–water partition coefficient (Wildman–Crippen LogP) is 4.72. The summed E-state index contributed by atoms with van der Waals surface area (Å²) in [5.74, 6) is 1.67. The van der Waals surface area contributed by atoms with Crippen LogP contribution in [0.4, 0.5) is 10.8 Å². The summed E-state index contributed by atoms with van der Waals surface area (Å²) in [5, 5.41) is 4.42. The van der Waals surface area contributed by atoms with Crippen molar-refractivity contribution in [3.63, 3.8) is 0 Å². The fourth-order valence-electron chi connectivity index (χ4n) is 2.21. The molecule has 0 aliphatic carbocycles. The van der Waals surface area contributed by atoms with Gasteiger partial charge >= 0.3 is 0 Å². The molecule has 0 aromatic carbocycles. The van der Waals surface area contributed by atoms with Crippen LogP contribution in [0.1, 0.15) is 18.7 Å². The van der Waals surface area contributed by atoms with E-state index in [1.165, 1.54) is 9.88 Å². The van der Waals surface area contributed by atoms with Crippen molar-refractivity contribution in [3.05, 3.63) is 34.8 Å². The van der Waals surface area contributed by atoms with Gasteiger partial charge < -0.3 is 4.90 Å². The van der Waals surface area contributed by atoms with Crippen molar-refractivity contribution in [3.8, 4) is 0 Å². The van der Waals surface area contributed by atoms with E-state index in [1.54, 1.807) is 17.7 Å². The molecule has 20 heavy (non-hydrogen) atoms. The lowest BCUT2D eigenvalue weighted by Gasteiger charge is -2.16. The molecule has 0 fully saturated rings. The lowest BCUT2D eigenvalue weighted by molar-refractivity contribution is 0.654. The first kappa shape index (κ1) is 13.5.